The van der Waals surface area contributed by atoms with E-state index in [1.165, 1.54) is 36.7 Å². The largest absolute Gasteiger partial charge is 0.417 e. The van der Waals surface area contributed by atoms with E-state index in [0.29, 0.717) is 0 Å². The first-order valence-corrected chi connectivity index (χ1v) is 5.88. The van der Waals surface area contributed by atoms with E-state index in [-0.39, 0.29) is 11.1 Å². The van der Waals surface area contributed by atoms with Gasteiger partial charge in [-0.1, -0.05) is 18.2 Å². The fourth-order valence-electron chi connectivity index (χ4n) is 1.59. The van der Waals surface area contributed by atoms with E-state index in [4.69, 9.17) is 0 Å². The van der Waals surface area contributed by atoms with Crippen molar-refractivity contribution < 1.29 is 18.0 Å². The highest BCUT2D eigenvalue weighted by Crippen LogP contribution is 2.30. The molecule has 7 heteroatoms. The number of hydrogen-bond acceptors (Lipinski definition) is 3. The minimum absolute atomic E-state index is 0.128. The van der Waals surface area contributed by atoms with Gasteiger partial charge in [0.05, 0.1) is 17.3 Å². The second-order valence-corrected chi connectivity index (χ2v) is 4.03. The molecule has 0 spiro atoms. The Morgan fingerprint density at radius 2 is 1.95 bits per heavy atom. The molecule has 1 N–H and O–H groups in total. The number of nitrogens with one attached hydrogen (secondary N) is 1. The van der Waals surface area contributed by atoms with Gasteiger partial charge in [0.25, 0.3) is 5.91 Å². The van der Waals surface area contributed by atoms with Gasteiger partial charge in [-0.25, -0.2) is 5.43 Å². The van der Waals surface area contributed by atoms with E-state index in [1.807, 2.05) is 0 Å². The van der Waals surface area contributed by atoms with Gasteiger partial charge in [0, 0.05) is 18.0 Å². The second kappa shape index (κ2) is 6.17. The molecule has 0 aliphatic rings. The Bertz CT molecular complexity index is 654. The molecule has 1 aromatic carbocycles. The Labute approximate surface area is 118 Å². The molecule has 0 saturated carbocycles. The molecule has 1 amide bonds. The summed E-state index contributed by atoms with van der Waals surface area (Å²) in [7, 11) is 0. The SMILES string of the molecule is O=C(NN=Cc1ccccc1C(F)(F)F)c1cccnc1. The van der Waals surface area contributed by atoms with Gasteiger partial charge in [-0.2, -0.15) is 18.3 Å². The zero-order valence-corrected chi connectivity index (χ0v) is 10.6. The average Bonchev–Trinajstić information content (AvgIpc) is 2.47. The van der Waals surface area contributed by atoms with Crippen molar-refractivity contribution in [2.24, 2.45) is 5.10 Å². The highest BCUT2D eigenvalue weighted by molar-refractivity contribution is 5.94. The summed E-state index contributed by atoms with van der Waals surface area (Å²) < 4.78 is 38.2. The van der Waals surface area contributed by atoms with Gasteiger partial charge in [0.2, 0.25) is 0 Å². The van der Waals surface area contributed by atoms with Crippen LogP contribution >= 0.6 is 0 Å². The predicted molar refractivity (Wildman–Crippen MR) is 70.7 cm³/mol. The minimum atomic E-state index is -4.48. The van der Waals surface area contributed by atoms with Crippen LogP contribution in [0.5, 0.6) is 0 Å². The molecule has 108 valence electrons. The number of carbonyl (C=O) groups is 1. The molecule has 21 heavy (non-hydrogen) atoms. The Morgan fingerprint density at radius 1 is 1.19 bits per heavy atom. The van der Waals surface area contributed by atoms with Gasteiger partial charge >= 0.3 is 6.18 Å². The lowest BCUT2D eigenvalue weighted by atomic mass is 10.1. The molecule has 0 fully saturated rings. The third-order valence-electron chi connectivity index (χ3n) is 2.56. The van der Waals surface area contributed by atoms with Crippen LogP contribution in [0.1, 0.15) is 21.5 Å². The van der Waals surface area contributed by atoms with Crippen molar-refractivity contribution in [2.75, 3.05) is 0 Å². The van der Waals surface area contributed by atoms with Crippen molar-refractivity contribution in [2.45, 2.75) is 6.18 Å². The van der Waals surface area contributed by atoms with Crippen LogP contribution in [0.4, 0.5) is 13.2 Å². The monoisotopic (exact) mass is 293 g/mol. The fraction of sp³-hybridized carbons (Fsp3) is 0.0714. The van der Waals surface area contributed by atoms with Crippen LogP contribution in [0, 0.1) is 0 Å². The third kappa shape index (κ3) is 3.88. The van der Waals surface area contributed by atoms with Crippen molar-refractivity contribution in [1.82, 2.24) is 10.4 Å². The van der Waals surface area contributed by atoms with Crippen molar-refractivity contribution in [1.29, 1.82) is 0 Å². The topological polar surface area (TPSA) is 54.4 Å². The van der Waals surface area contributed by atoms with Gasteiger partial charge in [-0.15, -0.1) is 0 Å². The number of amides is 1. The molecular formula is C14H10F3N3O. The third-order valence-corrected chi connectivity index (χ3v) is 2.56. The summed E-state index contributed by atoms with van der Waals surface area (Å²) in [6, 6.07) is 8.04. The first-order chi connectivity index (χ1) is 9.98. The summed E-state index contributed by atoms with van der Waals surface area (Å²) in [6.07, 6.45) is -0.693. The Balaban J connectivity index is 2.11. The molecule has 0 saturated heterocycles. The van der Waals surface area contributed by atoms with E-state index in [9.17, 15) is 18.0 Å². The standard InChI is InChI=1S/C14H10F3N3O/c15-14(16,17)12-6-2-1-4-10(12)9-19-20-13(21)11-5-3-7-18-8-11/h1-9H,(H,20,21). The number of pyridine rings is 1. The minimum Gasteiger partial charge on any atom is -0.267 e. The van der Waals surface area contributed by atoms with Crippen molar-refractivity contribution in [3.05, 3.63) is 65.5 Å². The van der Waals surface area contributed by atoms with E-state index in [0.717, 1.165) is 12.3 Å². The number of rotatable bonds is 3. The second-order valence-electron chi connectivity index (χ2n) is 4.03. The van der Waals surface area contributed by atoms with E-state index >= 15 is 0 Å². The number of nitrogens with zero attached hydrogens (tertiary/aromatic N) is 2. The molecule has 0 unspecified atom stereocenters. The summed E-state index contributed by atoms with van der Waals surface area (Å²) in [5, 5.41) is 3.54. The molecule has 4 nitrogen and oxygen atoms in total. The van der Waals surface area contributed by atoms with E-state index in [2.05, 4.69) is 15.5 Å². The maximum Gasteiger partial charge on any atom is 0.417 e. The number of aromatic nitrogens is 1. The van der Waals surface area contributed by atoms with Crippen LogP contribution in [-0.4, -0.2) is 17.1 Å². The van der Waals surface area contributed by atoms with Gasteiger partial charge in [-0.05, 0) is 18.2 Å². The quantitative estimate of drug-likeness (QED) is 0.699. The maximum atomic E-state index is 12.7. The predicted octanol–water partition coefficient (Wildman–Crippen LogP) is 2.86. The number of alkyl halides is 3. The normalized spacial score (nSPS) is 11.6. The van der Waals surface area contributed by atoms with Crippen LogP contribution in [0.2, 0.25) is 0 Å². The Kier molecular flexibility index (Phi) is 4.32. The molecule has 1 aromatic heterocycles. The number of halogens is 3. The molecule has 0 radical (unpaired) electrons. The molecule has 2 rings (SSSR count). The van der Waals surface area contributed by atoms with Crippen molar-refractivity contribution in [3.63, 3.8) is 0 Å². The zero-order valence-electron chi connectivity index (χ0n) is 10.6. The van der Waals surface area contributed by atoms with Gasteiger partial charge in [-0.3, -0.25) is 9.78 Å². The number of hydrazone groups is 1. The maximum absolute atomic E-state index is 12.7. The Morgan fingerprint density at radius 3 is 2.62 bits per heavy atom. The van der Waals surface area contributed by atoms with E-state index < -0.39 is 17.6 Å². The molecular weight excluding hydrogens is 283 g/mol. The van der Waals surface area contributed by atoms with Crippen molar-refractivity contribution >= 4 is 12.1 Å². The highest BCUT2D eigenvalue weighted by atomic mass is 19.4. The average molecular weight is 293 g/mol. The van der Waals surface area contributed by atoms with Gasteiger partial charge in [0.15, 0.2) is 0 Å². The molecule has 0 atom stereocenters. The molecule has 0 bridgehead atoms. The van der Waals surface area contributed by atoms with Gasteiger partial charge in [0.1, 0.15) is 0 Å². The molecule has 0 aliphatic heterocycles. The fourth-order valence-corrected chi connectivity index (χ4v) is 1.59. The Hall–Kier alpha value is -2.70. The van der Waals surface area contributed by atoms with Gasteiger partial charge < -0.3 is 0 Å². The summed E-state index contributed by atoms with van der Waals surface area (Å²) >= 11 is 0. The van der Waals surface area contributed by atoms with Crippen LogP contribution < -0.4 is 5.43 Å². The number of carbonyl (C=O) groups excluding carboxylic acids is 1. The molecule has 1 heterocycles. The van der Waals surface area contributed by atoms with Crippen LogP contribution in [0.15, 0.2) is 53.9 Å². The lowest BCUT2D eigenvalue weighted by Gasteiger charge is -2.09. The zero-order chi connectivity index (χ0) is 15.3. The lowest BCUT2D eigenvalue weighted by Crippen LogP contribution is -2.18. The first kappa shape index (κ1) is 14.7. The van der Waals surface area contributed by atoms with Crippen LogP contribution in [0.25, 0.3) is 0 Å². The number of benzene rings is 1. The summed E-state index contributed by atoms with van der Waals surface area (Å²) in [6.45, 7) is 0. The van der Waals surface area contributed by atoms with E-state index in [1.54, 1.807) is 6.07 Å². The van der Waals surface area contributed by atoms with Crippen molar-refractivity contribution in [3.8, 4) is 0 Å². The van der Waals surface area contributed by atoms with Crippen LogP contribution in [-0.2, 0) is 6.18 Å². The summed E-state index contributed by atoms with van der Waals surface area (Å²) in [5.74, 6) is -0.552. The summed E-state index contributed by atoms with van der Waals surface area (Å²) in [5.41, 5.74) is 1.47. The number of hydrogen-bond donors (Lipinski definition) is 1. The lowest BCUT2D eigenvalue weighted by molar-refractivity contribution is -0.137. The smallest absolute Gasteiger partial charge is 0.267 e. The molecule has 2 aromatic rings. The highest BCUT2D eigenvalue weighted by Gasteiger charge is 2.32. The summed E-state index contributed by atoms with van der Waals surface area (Å²) in [4.78, 5) is 15.4. The first-order valence-electron chi connectivity index (χ1n) is 5.88. The molecule has 0 aliphatic carbocycles. The van der Waals surface area contributed by atoms with Crippen LogP contribution in [0.3, 0.4) is 0 Å².